The van der Waals surface area contributed by atoms with E-state index in [-0.39, 0.29) is 11.4 Å². The second-order valence-corrected chi connectivity index (χ2v) is 4.74. The minimum Gasteiger partial charge on any atom is -0.487 e. The summed E-state index contributed by atoms with van der Waals surface area (Å²) in [5, 5.41) is 11.3. The number of hydrogen-bond acceptors (Lipinski definition) is 3. The fourth-order valence-corrected chi connectivity index (χ4v) is 2.02. The fraction of sp³-hybridized carbons (Fsp3) is 0.200. The van der Waals surface area contributed by atoms with E-state index in [1.54, 1.807) is 0 Å². The van der Waals surface area contributed by atoms with Gasteiger partial charge >= 0.3 is 5.69 Å². The molecule has 0 N–H and O–H groups in total. The van der Waals surface area contributed by atoms with Crippen molar-refractivity contribution in [3.63, 3.8) is 0 Å². The maximum Gasteiger partial charge on any atom is 0.311 e. The largest absolute Gasteiger partial charge is 0.487 e. The van der Waals surface area contributed by atoms with Crippen LogP contribution in [0, 0.1) is 10.1 Å². The van der Waals surface area contributed by atoms with Crippen LogP contribution in [0.4, 0.5) is 5.69 Å². The summed E-state index contributed by atoms with van der Waals surface area (Å²) < 4.78 is 5.47. The first-order chi connectivity index (χ1) is 9.66. The molecule has 4 nitrogen and oxygen atoms in total. The lowest BCUT2D eigenvalue weighted by Gasteiger charge is -2.07. The van der Waals surface area contributed by atoms with Crippen LogP contribution in [0.1, 0.15) is 12.0 Å². The number of nitro benzene ring substituents is 1. The zero-order valence-electron chi connectivity index (χ0n) is 10.8. The van der Waals surface area contributed by atoms with Gasteiger partial charge in [-0.25, -0.2) is 0 Å². The molecule has 0 unspecified atom stereocenters. The van der Waals surface area contributed by atoms with E-state index in [1.807, 2.05) is 30.3 Å². The highest BCUT2D eigenvalue weighted by Crippen LogP contribution is 2.29. The number of nitro groups is 1. The maximum absolute atomic E-state index is 10.9. The molecule has 20 heavy (non-hydrogen) atoms. The Kier molecular flexibility index (Phi) is 4.96. The van der Waals surface area contributed by atoms with E-state index in [4.69, 9.17) is 16.3 Å². The van der Waals surface area contributed by atoms with Crippen molar-refractivity contribution in [1.29, 1.82) is 0 Å². The van der Waals surface area contributed by atoms with E-state index in [0.29, 0.717) is 11.6 Å². The van der Waals surface area contributed by atoms with Crippen LogP contribution in [0.3, 0.4) is 0 Å². The smallest absolute Gasteiger partial charge is 0.311 e. The highest BCUT2D eigenvalue weighted by Gasteiger charge is 2.15. The van der Waals surface area contributed by atoms with Crippen LogP contribution in [-0.4, -0.2) is 11.5 Å². The summed E-state index contributed by atoms with van der Waals surface area (Å²) in [6.07, 6.45) is 1.66. The number of hydrogen-bond donors (Lipinski definition) is 0. The molecule has 0 radical (unpaired) electrons. The van der Waals surface area contributed by atoms with E-state index in [1.165, 1.54) is 23.8 Å². The minimum atomic E-state index is -0.469. The zero-order chi connectivity index (χ0) is 14.4. The van der Waals surface area contributed by atoms with Gasteiger partial charge in [-0.3, -0.25) is 10.1 Å². The molecule has 0 saturated carbocycles. The Morgan fingerprint density at radius 2 is 1.90 bits per heavy atom. The number of halogens is 1. The first-order valence-electron chi connectivity index (χ1n) is 6.27. The van der Waals surface area contributed by atoms with Gasteiger partial charge < -0.3 is 4.74 Å². The molecule has 0 atom stereocenters. The molecule has 0 heterocycles. The third-order valence-electron chi connectivity index (χ3n) is 2.83. The van der Waals surface area contributed by atoms with E-state index in [0.717, 1.165) is 12.8 Å². The summed E-state index contributed by atoms with van der Waals surface area (Å²) in [7, 11) is 0. The van der Waals surface area contributed by atoms with Crippen molar-refractivity contribution in [3.05, 3.63) is 69.2 Å². The SMILES string of the molecule is O=[N+]([O-])c1ccc(Cl)cc1OCCCc1ccccc1. The van der Waals surface area contributed by atoms with Crippen LogP contribution in [-0.2, 0) is 6.42 Å². The molecular weight excluding hydrogens is 278 g/mol. The summed E-state index contributed by atoms with van der Waals surface area (Å²) in [6.45, 7) is 0.413. The van der Waals surface area contributed by atoms with Gasteiger partial charge in [-0.2, -0.15) is 0 Å². The number of aryl methyl sites for hydroxylation is 1. The topological polar surface area (TPSA) is 52.4 Å². The molecule has 0 spiro atoms. The highest BCUT2D eigenvalue weighted by atomic mass is 35.5. The molecule has 2 aromatic rings. The number of nitrogens with zero attached hydrogens (tertiary/aromatic N) is 1. The van der Waals surface area contributed by atoms with Crippen LogP contribution < -0.4 is 4.74 Å². The lowest BCUT2D eigenvalue weighted by Crippen LogP contribution is -2.02. The standard InChI is InChI=1S/C15H14ClNO3/c16-13-8-9-14(17(18)19)15(11-13)20-10-4-7-12-5-2-1-3-6-12/h1-3,5-6,8-9,11H,4,7,10H2. The fourth-order valence-electron chi connectivity index (χ4n) is 1.86. The van der Waals surface area contributed by atoms with Crippen molar-refractivity contribution in [1.82, 2.24) is 0 Å². The molecule has 0 aliphatic rings. The van der Waals surface area contributed by atoms with Gasteiger partial charge in [0.2, 0.25) is 0 Å². The molecule has 104 valence electrons. The van der Waals surface area contributed by atoms with Gasteiger partial charge in [0, 0.05) is 17.2 Å². The number of rotatable bonds is 6. The lowest BCUT2D eigenvalue weighted by molar-refractivity contribution is -0.385. The van der Waals surface area contributed by atoms with Gasteiger partial charge in [0.15, 0.2) is 5.75 Å². The highest BCUT2D eigenvalue weighted by molar-refractivity contribution is 6.30. The third-order valence-corrected chi connectivity index (χ3v) is 3.06. The minimum absolute atomic E-state index is 0.0610. The third kappa shape index (κ3) is 3.96. The quantitative estimate of drug-likeness (QED) is 0.454. The van der Waals surface area contributed by atoms with Crippen molar-refractivity contribution < 1.29 is 9.66 Å². The van der Waals surface area contributed by atoms with Gasteiger partial charge in [-0.05, 0) is 24.5 Å². The summed E-state index contributed by atoms with van der Waals surface area (Å²) in [5.41, 5.74) is 1.16. The van der Waals surface area contributed by atoms with E-state index in [9.17, 15) is 10.1 Å². The Hall–Kier alpha value is -2.07. The first kappa shape index (κ1) is 14.3. The van der Waals surface area contributed by atoms with Crippen LogP contribution in [0.2, 0.25) is 5.02 Å². The molecule has 0 aliphatic carbocycles. The van der Waals surface area contributed by atoms with Gasteiger partial charge in [0.05, 0.1) is 11.5 Å². The summed E-state index contributed by atoms with van der Waals surface area (Å²) in [5.74, 6) is 0.218. The van der Waals surface area contributed by atoms with Gasteiger partial charge in [-0.15, -0.1) is 0 Å². The van der Waals surface area contributed by atoms with Gasteiger partial charge in [-0.1, -0.05) is 41.9 Å². The van der Waals surface area contributed by atoms with Crippen molar-refractivity contribution in [2.75, 3.05) is 6.61 Å². The number of ether oxygens (including phenoxy) is 1. The zero-order valence-corrected chi connectivity index (χ0v) is 11.5. The Labute approximate surface area is 122 Å². The first-order valence-corrected chi connectivity index (χ1v) is 6.65. The molecule has 2 aromatic carbocycles. The molecule has 0 aromatic heterocycles. The van der Waals surface area contributed by atoms with Crippen molar-refractivity contribution in [2.24, 2.45) is 0 Å². The molecular formula is C15H14ClNO3. The van der Waals surface area contributed by atoms with Crippen LogP contribution >= 0.6 is 11.6 Å². The Morgan fingerprint density at radius 1 is 1.15 bits per heavy atom. The predicted octanol–water partition coefficient (Wildman–Crippen LogP) is 4.26. The van der Waals surface area contributed by atoms with Crippen molar-refractivity contribution in [3.8, 4) is 5.75 Å². The summed E-state index contributed by atoms with van der Waals surface area (Å²) in [6, 6.07) is 14.3. The van der Waals surface area contributed by atoms with Gasteiger partial charge in [0.25, 0.3) is 0 Å². The molecule has 0 fully saturated rings. The van der Waals surface area contributed by atoms with Crippen molar-refractivity contribution >= 4 is 17.3 Å². The molecule has 5 heteroatoms. The predicted molar refractivity (Wildman–Crippen MR) is 78.4 cm³/mol. The second kappa shape index (κ2) is 6.91. The summed E-state index contributed by atoms with van der Waals surface area (Å²) >= 11 is 5.83. The lowest BCUT2D eigenvalue weighted by atomic mass is 10.1. The molecule has 0 saturated heterocycles. The Bertz CT molecular complexity index is 587. The maximum atomic E-state index is 10.9. The molecule has 0 amide bonds. The van der Waals surface area contributed by atoms with Crippen LogP contribution in [0.5, 0.6) is 5.75 Å². The average molecular weight is 292 g/mol. The van der Waals surface area contributed by atoms with E-state index < -0.39 is 4.92 Å². The molecule has 2 rings (SSSR count). The van der Waals surface area contributed by atoms with Crippen LogP contribution in [0.15, 0.2) is 48.5 Å². The Balaban J connectivity index is 1.91. The van der Waals surface area contributed by atoms with Crippen molar-refractivity contribution in [2.45, 2.75) is 12.8 Å². The van der Waals surface area contributed by atoms with E-state index in [2.05, 4.69) is 0 Å². The normalized spacial score (nSPS) is 10.2. The second-order valence-electron chi connectivity index (χ2n) is 4.31. The summed E-state index contributed by atoms with van der Waals surface area (Å²) in [4.78, 5) is 10.4. The van der Waals surface area contributed by atoms with E-state index >= 15 is 0 Å². The molecule has 0 aliphatic heterocycles. The Morgan fingerprint density at radius 3 is 2.60 bits per heavy atom. The van der Waals surface area contributed by atoms with Crippen LogP contribution in [0.25, 0.3) is 0 Å². The molecule has 0 bridgehead atoms. The average Bonchev–Trinajstić information content (AvgIpc) is 2.44. The van der Waals surface area contributed by atoms with Gasteiger partial charge in [0.1, 0.15) is 0 Å². The monoisotopic (exact) mass is 291 g/mol. The number of benzene rings is 2.